The summed E-state index contributed by atoms with van der Waals surface area (Å²) in [5.74, 6) is 2.70. The summed E-state index contributed by atoms with van der Waals surface area (Å²) in [4.78, 5) is 6.90. The fraction of sp³-hybridized carbons (Fsp3) is 0.643. The minimum atomic E-state index is 0.730. The number of piperidine rings is 2. The molecular formula is C14H21N3O. The smallest absolute Gasteiger partial charge is 0.137 e. The SMILES string of the molecule is COc1ccc(N2CCC3NCCCC3C2)nc1. The largest absolute Gasteiger partial charge is 0.495 e. The maximum absolute atomic E-state index is 5.15. The summed E-state index contributed by atoms with van der Waals surface area (Å²) < 4.78 is 5.15. The third kappa shape index (κ3) is 2.29. The number of fused-ring (bicyclic) bond motifs is 1. The molecule has 0 amide bonds. The van der Waals surface area contributed by atoms with Crippen molar-refractivity contribution in [2.24, 2.45) is 5.92 Å². The Balaban J connectivity index is 1.69. The Hall–Kier alpha value is -1.29. The Kier molecular flexibility index (Phi) is 3.37. The number of anilines is 1. The zero-order valence-electron chi connectivity index (χ0n) is 10.9. The lowest BCUT2D eigenvalue weighted by molar-refractivity contribution is 0.244. The standard InChI is InChI=1S/C14H21N3O/c1-18-12-4-5-14(16-9-12)17-8-6-13-11(10-17)3-2-7-15-13/h4-5,9,11,13,15H,2-3,6-8,10H2,1H3. The highest BCUT2D eigenvalue weighted by Gasteiger charge is 2.31. The van der Waals surface area contributed by atoms with E-state index in [0.29, 0.717) is 0 Å². The van der Waals surface area contributed by atoms with Crippen LogP contribution >= 0.6 is 0 Å². The molecular weight excluding hydrogens is 226 g/mol. The predicted molar refractivity (Wildman–Crippen MR) is 72.1 cm³/mol. The lowest BCUT2D eigenvalue weighted by Gasteiger charge is -2.42. The molecule has 2 fully saturated rings. The predicted octanol–water partition coefficient (Wildman–Crippen LogP) is 1.67. The van der Waals surface area contributed by atoms with E-state index in [0.717, 1.165) is 36.6 Å². The van der Waals surface area contributed by atoms with E-state index in [4.69, 9.17) is 4.74 Å². The number of rotatable bonds is 2. The van der Waals surface area contributed by atoms with Gasteiger partial charge in [-0.15, -0.1) is 0 Å². The normalized spacial score (nSPS) is 27.7. The van der Waals surface area contributed by atoms with Crippen molar-refractivity contribution in [3.05, 3.63) is 18.3 Å². The molecule has 2 saturated heterocycles. The van der Waals surface area contributed by atoms with E-state index in [1.807, 2.05) is 6.07 Å². The molecule has 4 heteroatoms. The number of hydrogen-bond donors (Lipinski definition) is 1. The summed E-state index contributed by atoms with van der Waals surface area (Å²) >= 11 is 0. The van der Waals surface area contributed by atoms with E-state index in [2.05, 4.69) is 21.3 Å². The maximum Gasteiger partial charge on any atom is 0.137 e. The molecule has 0 bridgehead atoms. The Morgan fingerprint density at radius 1 is 1.39 bits per heavy atom. The molecule has 1 aromatic heterocycles. The van der Waals surface area contributed by atoms with Gasteiger partial charge in [0.2, 0.25) is 0 Å². The third-order valence-corrected chi connectivity index (χ3v) is 4.17. The molecule has 0 radical (unpaired) electrons. The fourth-order valence-electron chi connectivity index (χ4n) is 3.13. The Labute approximate surface area is 108 Å². The molecule has 4 nitrogen and oxygen atoms in total. The van der Waals surface area contributed by atoms with Crippen molar-refractivity contribution in [1.29, 1.82) is 0 Å². The molecule has 3 heterocycles. The summed E-state index contributed by atoms with van der Waals surface area (Å²) in [5.41, 5.74) is 0. The lowest BCUT2D eigenvalue weighted by Crippen LogP contribution is -2.52. The van der Waals surface area contributed by atoms with Gasteiger partial charge in [0.25, 0.3) is 0 Å². The number of methoxy groups -OCH3 is 1. The quantitative estimate of drug-likeness (QED) is 0.862. The zero-order valence-corrected chi connectivity index (χ0v) is 10.9. The molecule has 18 heavy (non-hydrogen) atoms. The van der Waals surface area contributed by atoms with E-state index in [-0.39, 0.29) is 0 Å². The summed E-state index contributed by atoms with van der Waals surface area (Å²) in [6.45, 7) is 3.44. The molecule has 0 aliphatic carbocycles. The van der Waals surface area contributed by atoms with E-state index in [1.54, 1.807) is 13.3 Å². The van der Waals surface area contributed by atoms with Crippen molar-refractivity contribution in [2.45, 2.75) is 25.3 Å². The number of pyridine rings is 1. The molecule has 1 aromatic rings. The van der Waals surface area contributed by atoms with Crippen LogP contribution in [-0.2, 0) is 0 Å². The van der Waals surface area contributed by atoms with Gasteiger partial charge in [-0.05, 0) is 43.9 Å². The van der Waals surface area contributed by atoms with Gasteiger partial charge in [-0.3, -0.25) is 0 Å². The van der Waals surface area contributed by atoms with E-state index in [1.165, 1.54) is 25.8 Å². The molecule has 2 unspecified atom stereocenters. The first-order valence-electron chi connectivity index (χ1n) is 6.85. The fourth-order valence-corrected chi connectivity index (χ4v) is 3.13. The topological polar surface area (TPSA) is 37.4 Å². The third-order valence-electron chi connectivity index (χ3n) is 4.17. The minimum absolute atomic E-state index is 0.730. The van der Waals surface area contributed by atoms with Gasteiger partial charge in [-0.2, -0.15) is 0 Å². The van der Waals surface area contributed by atoms with Gasteiger partial charge in [0.15, 0.2) is 0 Å². The van der Waals surface area contributed by atoms with E-state index >= 15 is 0 Å². The van der Waals surface area contributed by atoms with Crippen molar-refractivity contribution in [2.75, 3.05) is 31.6 Å². The van der Waals surface area contributed by atoms with Crippen LogP contribution in [0.3, 0.4) is 0 Å². The van der Waals surface area contributed by atoms with Crippen molar-refractivity contribution < 1.29 is 4.74 Å². The first-order chi connectivity index (χ1) is 8.86. The number of aromatic nitrogens is 1. The van der Waals surface area contributed by atoms with Gasteiger partial charge in [-0.1, -0.05) is 0 Å². The van der Waals surface area contributed by atoms with Gasteiger partial charge < -0.3 is 15.0 Å². The lowest BCUT2D eigenvalue weighted by atomic mass is 9.85. The monoisotopic (exact) mass is 247 g/mol. The molecule has 0 spiro atoms. The van der Waals surface area contributed by atoms with E-state index < -0.39 is 0 Å². The second kappa shape index (κ2) is 5.14. The highest BCUT2D eigenvalue weighted by atomic mass is 16.5. The Morgan fingerprint density at radius 3 is 3.11 bits per heavy atom. The Bertz CT molecular complexity index is 393. The van der Waals surface area contributed by atoms with Crippen molar-refractivity contribution >= 4 is 5.82 Å². The number of ether oxygens (including phenoxy) is 1. The second-order valence-electron chi connectivity index (χ2n) is 5.25. The molecule has 0 aromatic carbocycles. The Morgan fingerprint density at radius 2 is 2.33 bits per heavy atom. The summed E-state index contributed by atoms with van der Waals surface area (Å²) in [7, 11) is 1.68. The second-order valence-corrected chi connectivity index (χ2v) is 5.25. The van der Waals surface area contributed by atoms with Crippen LogP contribution in [0, 0.1) is 5.92 Å². The summed E-state index contributed by atoms with van der Waals surface area (Å²) in [6.07, 6.45) is 5.70. The number of hydrogen-bond acceptors (Lipinski definition) is 4. The highest BCUT2D eigenvalue weighted by Crippen LogP contribution is 2.27. The maximum atomic E-state index is 5.15. The summed E-state index contributed by atoms with van der Waals surface area (Å²) in [5, 5.41) is 3.64. The molecule has 3 rings (SSSR count). The van der Waals surface area contributed by atoms with Gasteiger partial charge in [0, 0.05) is 19.1 Å². The first kappa shape index (κ1) is 11.8. The van der Waals surface area contributed by atoms with Crippen molar-refractivity contribution in [1.82, 2.24) is 10.3 Å². The average molecular weight is 247 g/mol. The van der Waals surface area contributed by atoms with Crippen LogP contribution in [0.5, 0.6) is 5.75 Å². The molecule has 0 saturated carbocycles. The molecule has 1 N–H and O–H groups in total. The van der Waals surface area contributed by atoms with Crippen LogP contribution in [0.4, 0.5) is 5.82 Å². The molecule has 2 aliphatic heterocycles. The van der Waals surface area contributed by atoms with Gasteiger partial charge in [0.05, 0.1) is 13.3 Å². The van der Waals surface area contributed by atoms with E-state index in [9.17, 15) is 0 Å². The van der Waals surface area contributed by atoms with Crippen molar-refractivity contribution in [3.63, 3.8) is 0 Å². The number of nitrogens with zero attached hydrogens (tertiary/aromatic N) is 2. The van der Waals surface area contributed by atoms with Gasteiger partial charge in [-0.25, -0.2) is 4.98 Å². The molecule has 2 aliphatic rings. The number of nitrogens with one attached hydrogen (secondary N) is 1. The molecule has 2 atom stereocenters. The van der Waals surface area contributed by atoms with Crippen LogP contribution in [0.1, 0.15) is 19.3 Å². The van der Waals surface area contributed by atoms with Crippen LogP contribution in [0.2, 0.25) is 0 Å². The van der Waals surface area contributed by atoms with Crippen LogP contribution in [0.25, 0.3) is 0 Å². The van der Waals surface area contributed by atoms with Gasteiger partial charge in [0.1, 0.15) is 11.6 Å². The minimum Gasteiger partial charge on any atom is -0.495 e. The average Bonchev–Trinajstić information content (AvgIpc) is 2.47. The van der Waals surface area contributed by atoms with Crippen molar-refractivity contribution in [3.8, 4) is 5.75 Å². The molecule has 98 valence electrons. The van der Waals surface area contributed by atoms with Gasteiger partial charge >= 0.3 is 0 Å². The van der Waals surface area contributed by atoms with Crippen LogP contribution in [-0.4, -0.2) is 37.8 Å². The van der Waals surface area contributed by atoms with Crippen LogP contribution in [0.15, 0.2) is 18.3 Å². The summed E-state index contributed by atoms with van der Waals surface area (Å²) in [6, 6.07) is 4.79. The zero-order chi connectivity index (χ0) is 12.4. The van der Waals surface area contributed by atoms with Crippen LogP contribution < -0.4 is 15.0 Å². The highest BCUT2D eigenvalue weighted by molar-refractivity contribution is 5.41. The first-order valence-corrected chi connectivity index (χ1v) is 6.85.